The van der Waals surface area contributed by atoms with Crippen molar-refractivity contribution in [3.63, 3.8) is 0 Å². The van der Waals surface area contributed by atoms with Crippen LogP contribution in [0.5, 0.6) is 0 Å². The van der Waals surface area contributed by atoms with Gasteiger partial charge >= 0.3 is 4.87 Å². The Bertz CT molecular complexity index is 1430. The zero-order chi connectivity index (χ0) is 23.2. The summed E-state index contributed by atoms with van der Waals surface area (Å²) in [6.45, 7) is 1.71. The molecule has 1 aromatic carbocycles. The first kappa shape index (κ1) is 21.7. The van der Waals surface area contributed by atoms with Crippen LogP contribution in [-0.4, -0.2) is 50.6 Å². The van der Waals surface area contributed by atoms with E-state index in [0.717, 1.165) is 77.1 Å². The van der Waals surface area contributed by atoms with Gasteiger partial charge in [-0.1, -0.05) is 11.3 Å². The second kappa shape index (κ2) is 8.75. The van der Waals surface area contributed by atoms with Crippen LogP contribution in [0.25, 0.3) is 20.4 Å². The molecule has 3 N–H and O–H groups in total. The summed E-state index contributed by atoms with van der Waals surface area (Å²) >= 11 is 2.85. The average molecular weight is 496 g/mol. The summed E-state index contributed by atoms with van der Waals surface area (Å²) in [5.41, 5.74) is 2.95. The highest BCUT2D eigenvalue weighted by molar-refractivity contribution is 7.19. The molecule has 1 aliphatic heterocycles. The second-order valence-electron chi connectivity index (χ2n) is 9.15. The summed E-state index contributed by atoms with van der Waals surface area (Å²) < 4.78 is 0.900. The maximum absolute atomic E-state index is 13.2. The van der Waals surface area contributed by atoms with E-state index in [4.69, 9.17) is 0 Å². The number of thiazole rings is 1. The highest BCUT2D eigenvalue weighted by Gasteiger charge is 2.33. The molecular formula is C24H25N5O3S2. The number of rotatable bonds is 4. The third-order valence-corrected chi connectivity index (χ3v) is 9.07. The van der Waals surface area contributed by atoms with Crippen molar-refractivity contribution in [2.24, 2.45) is 11.8 Å². The lowest BCUT2D eigenvalue weighted by Crippen LogP contribution is -2.43. The zero-order valence-electron chi connectivity index (χ0n) is 18.5. The molecule has 10 heteroatoms. The number of benzene rings is 1. The smallest absolute Gasteiger partial charge is 0.305 e. The van der Waals surface area contributed by atoms with E-state index in [9.17, 15) is 14.7 Å². The van der Waals surface area contributed by atoms with Crippen LogP contribution in [0.1, 0.15) is 29.7 Å². The van der Waals surface area contributed by atoms with Gasteiger partial charge < -0.3 is 20.3 Å². The Morgan fingerprint density at radius 3 is 2.88 bits per heavy atom. The fourth-order valence-electron chi connectivity index (χ4n) is 5.17. The Balaban J connectivity index is 1.25. The number of aliphatic hydroxyl groups is 1. The van der Waals surface area contributed by atoms with Gasteiger partial charge in [0.15, 0.2) is 0 Å². The second-order valence-corrected chi connectivity index (χ2v) is 11.2. The van der Waals surface area contributed by atoms with Crippen molar-refractivity contribution in [2.45, 2.75) is 32.1 Å². The first-order chi connectivity index (χ1) is 16.6. The summed E-state index contributed by atoms with van der Waals surface area (Å²) in [7, 11) is 0. The molecule has 0 spiro atoms. The van der Waals surface area contributed by atoms with E-state index in [2.05, 4.69) is 20.3 Å². The molecular weight excluding hydrogens is 470 g/mol. The number of hydrogen-bond acceptors (Lipinski definition) is 8. The molecule has 8 nitrogen and oxygen atoms in total. The third kappa shape index (κ3) is 3.89. The van der Waals surface area contributed by atoms with Gasteiger partial charge in [0.1, 0.15) is 17.0 Å². The van der Waals surface area contributed by atoms with Gasteiger partial charge in [-0.25, -0.2) is 9.97 Å². The van der Waals surface area contributed by atoms with Gasteiger partial charge in [0.25, 0.3) is 0 Å². The monoisotopic (exact) mass is 495 g/mol. The number of aryl methyl sites for hydroxylation is 1. The maximum Gasteiger partial charge on any atom is 0.305 e. The number of aromatic nitrogens is 3. The van der Waals surface area contributed by atoms with Gasteiger partial charge in [-0.2, -0.15) is 0 Å². The summed E-state index contributed by atoms with van der Waals surface area (Å²) in [6, 6.07) is 5.79. The number of piperidine rings is 1. The lowest BCUT2D eigenvalue weighted by Gasteiger charge is -2.34. The maximum atomic E-state index is 13.2. The van der Waals surface area contributed by atoms with Gasteiger partial charge in [-0.05, 0) is 61.8 Å². The Kier molecular flexibility index (Phi) is 5.59. The van der Waals surface area contributed by atoms with Crippen LogP contribution >= 0.6 is 22.7 Å². The van der Waals surface area contributed by atoms with Crippen LogP contribution in [-0.2, 0) is 17.6 Å². The Hall–Kier alpha value is -2.82. The molecule has 1 saturated heterocycles. The first-order valence-electron chi connectivity index (χ1n) is 11.6. The van der Waals surface area contributed by atoms with Gasteiger partial charge in [0.05, 0.1) is 15.6 Å². The van der Waals surface area contributed by atoms with E-state index in [1.165, 1.54) is 21.8 Å². The molecule has 34 heavy (non-hydrogen) atoms. The van der Waals surface area contributed by atoms with E-state index in [-0.39, 0.29) is 23.3 Å². The minimum atomic E-state index is -0.0645. The molecule has 176 valence electrons. The predicted molar refractivity (Wildman–Crippen MR) is 135 cm³/mol. The van der Waals surface area contributed by atoms with Crippen LogP contribution in [0.4, 0.5) is 11.5 Å². The number of likely N-dealkylation sites (tertiary alicyclic amines) is 1. The number of H-pyrrole nitrogens is 1. The SMILES string of the molecule is O=C(C1CCc2c(sc3ncnc(Nc4ccc5[nH]c(=O)sc5c4)c23)C1)N1CCC(CO)CC1. The van der Waals surface area contributed by atoms with Crippen molar-refractivity contribution in [2.75, 3.05) is 25.0 Å². The van der Waals surface area contributed by atoms with E-state index < -0.39 is 0 Å². The molecule has 4 heterocycles. The van der Waals surface area contributed by atoms with E-state index in [0.29, 0.717) is 5.92 Å². The molecule has 1 unspecified atom stereocenters. The standard InChI is InChI=1S/C24H25N5O3S2/c30-11-13-5-7-29(8-6-13)23(31)14-1-3-16-18(9-14)33-22-20(16)21(25-12-26-22)27-15-2-4-17-19(10-15)34-24(32)28-17/h2,4,10,12-14,30H,1,3,5-9,11H2,(H,28,32)(H,25,26,27). The Labute approximate surface area is 203 Å². The molecule has 4 aromatic rings. The van der Waals surface area contributed by atoms with Crippen molar-refractivity contribution in [1.82, 2.24) is 19.9 Å². The van der Waals surface area contributed by atoms with Crippen LogP contribution in [0, 0.1) is 11.8 Å². The molecule has 2 aliphatic rings. The number of thiophene rings is 1. The largest absolute Gasteiger partial charge is 0.396 e. The number of aliphatic hydroxyl groups excluding tert-OH is 1. The molecule has 0 saturated carbocycles. The molecule has 1 atom stereocenters. The third-order valence-electron chi connectivity index (χ3n) is 7.06. The molecule has 0 radical (unpaired) electrons. The molecule has 3 aromatic heterocycles. The summed E-state index contributed by atoms with van der Waals surface area (Å²) in [5, 5.41) is 13.8. The molecule has 0 bridgehead atoms. The number of carbonyl (C=O) groups is 1. The van der Waals surface area contributed by atoms with Crippen molar-refractivity contribution in [3.8, 4) is 0 Å². The first-order valence-corrected chi connectivity index (χ1v) is 13.3. The number of hydrogen-bond donors (Lipinski definition) is 3. The van der Waals surface area contributed by atoms with Crippen molar-refractivity contribution in [3.05, 3.63) is 44.6 Å². The molecule has 1 aliphatic carbocycles. The van der Waals surface area contributed by atoms with Crippen LogP contribution in [0.15, 0.2) is 29.3 Å². The number of anilines is 2. The number of amides is 1. The van der Waals surface area contributed by atoms with Crippen LogP contribution in [0.3, 0.4) is 0 Å². The normalized spacial score (nSPS) is 19.0. The zero-order valence-corrected chi connectivity index (χ0v) is 20.2. The lowest BCUT2D eigenvalue weighted by atomic mass is 9.86. The fourth-order valence-corrected chi connectivity index (χ4v) is 7.21. The predicted octanol–water partition coefficient (Wildman–Crippen LogP) is 3.67. The minimum Gasteiger partial charge on any atom is -0.396 e. The molecule has 1 fully saturated rings. The van der Waals surface area contributed by atoms with Gasteiger partial charge in [-0.3, -0.25) is 9.59 Å². The minimum absolute atomic E-state index is 0.00869. The fraction of sp³-hybridized carbons (Fsp3) is 0.417. The van der Waals surface area contributed by atoms with Gasteiger partial charge in [0, 0.05) is 36.2 Å². The van der Waals surface area contributed by atoms with Crippen molar-refractivity contribution >= 4 is 60.5 Å². The van der Waals surface area contributed by atoms with Gasteiger partial charge in [-0.15, -0.1) is 11.3 Å². The van der Waals surface area contributed by atoms with Crippen molar-refractivity contribution in [1.29, 1.82) is 0 Å². The number of aromatic amines is 1. The highest BCUT2D eigenvalue weighted by atomic mass is 32.1. The van der Waals surface area contributed by atoms with E-state index in [1.807, 2.05) is 23.1 Å². The van der Waals surface area contributed by atoms with Crippen molar-refractivity contribution < 1.29 is 9.90 Å². The quantitative estimate of drug-likeness (QED) is 0.398. The Morgan fingerprint density at radius 2 is 2.06 bits per heavy atom. The van der Waals surface area contributed by atoms with E-state index >= 15 is 0 Å². The summed E-state index contributed by atoms with van der Waals surface area (Å²) in [5.74, 6) is 1.35. The highest BCUT2D eigenvalue weighted by Crippen LogP contribution is 2.41. The number of carbonyl (C=O) groups excluding carboxylic acids is 1. The number of nitrogens with one attached hydrogen (secondary N) is 2. The molecule has 1 amide bonds. The van der Waals surface area contributed by atoms with Crippen LogP contribution in [0.2, 0.25) is 0 Å². The summed E-state index contributed by atoms with van der Waals surface area (Å²) in [4.78, 5) is 40.8. The molecule has 6 rings (SSSR count). The number of fused-ring (bicyclic) bond motifs is 4. The Morgan fingerprint density at radius 1 is 1.21 bits per heavy atom. The van der Waals surface area contributed by atoms with E-state index in [1.54, 1.807) is 17.7 Å². The average Bonchev–Trinajstić information content (AvgIpc) is 3.42. The van der Waals surface area contributed by atoms with Gasteiger partial charge in [0.2, 0.25) is 5.91 Å². The number of nitrogens with zero attached hydrogens (tertiary/aromatic N) is 3. The van der Waals surface area contributed by atoms with Crippen LogP contribution < -0.4 is 10.2 Å². The summed E-state index contributed by atoms with van der Waals surface area (Å²) in [6.07, 6.45) is 5.76. The topological polar surface area (TPSA) is 111 Å². The lowest BCUT2D eigenvalue weighted by molar-refractivity contribution is -0.137.